The lowest BCUT2D eigenvalue weighted by Crippen LogP contribution is -1.90. The minimum Gasteiger partial charge on any atom is -0.0616 e. The van der Waals surface area contributed by atoms with Crippen LogP contribution in [0.15, 0.2) is 170 Å². The number of rotatable bonds is 2. The second kappa shape index (κ2) is 9.64. The van der Waals surface area contributed by atoms with E-state index in [1.807, 2.05) is 0 Å². The van der Waals surface area contributed by atoms with Gasteiger partial charge < -0.3 is 0 Å². The minimum atomic E-state index is 1.23. The van der Waals surface area contributed by atoms with Gasteiger partial charge in [0.25, 0.3) is 0 Å². The lowest BCUT2D eigenvalue weighted by molar-refractivity contribution is 1.64. The molecule has 0 amide bonds. The van der Waals surface area contributed by atoms with E-state index < -0.39 is 0 Å². The van der Waals surface area contributed by atoms with Gasteiger partial charge in [-0.25, -0.2) is 0 Å². The van der Waals surface area contributed by atoms with Crippen LogP contribution in [-0.4, -0.2) is 0 Å². The third-order valence-electron chi connectivity index (χ3n) is 10.7. The molecule has 0 spiro atoms. The minimum absolute atomic E-state index is 1.23. The van der Waals surface area contributed by atoms with Crippen LogP contribution in [0.5, 0.6) is 0 Å². The van der Waals surface area contributed by atoms with Crippen LogP contribution in [0.4, 0.5) is 0 Å². The van der Waals surface area contributed by atoms with Crippen molar-refractivity contribution in [3.8, 4) is 22.3 Å². The maximum absolute atomic E-state index is 2.42. The van der Waals surface area contributed by atoms with Crippen LogP contribution < -0.4 is 0 Å². The molecule has 11 aromatic rings. The quantitative estimate of drug-likeness (QED) is 0.172. The Morgan fingerprint density at radius 2 is 0.646 bits per heavy atom. The topological polar surface area (TPSA) is 0 Å². The molecular weight excluding hydrogens is 577 g/mol. The first-order valence-electron chi connectivity index (χ1n) is 16.8. The predicted molar refractivity (Wildman–Crippen MR) is 209 cm³/mol. The summed E-state index contributed by atoms with van der Waals surface area (Å²) in [5.41, 5.74) is 5.01. The predicted octanol–water partition coefficient (Wildman–Crippen LogP) is 13.7. The molecule has 0 aliphatic heterocycles. The molecular formula is C48H28. The van der Waals surface area contributed by atoms with Gasteiger partial charge in [0.1, 0.15) is 0 Å². The van der Waals surface area contributed by atoms with Crippen molar-refractivity contribution in [2.45, 2.75) is 0 Å². The lowest BCUT2D eigenvalue weighted by Gasteiger charge is -2.17. The zero-order valence-electron chi connectivity index (χ0n) is 26.2. The van der Waals surface area contributed by atoms with Gasteiger partial charge >= 0.3 is 0 Å². The highest BCUT2D eigenvalue weighted by molar-refractivity contribution is 6.34. The molecule has 11 aromatic carbocycles. The normalized spacial score (nSPS) is 12.2. The summed E-state index contributed by atoms with van der Waals surface area (Å²) in [5.74, 6) is 0. The molecule has 0 nitrogen and oxygen atoms in total. The van der Waals surface area contributed by atoms with Crippen molar-refractivity contribution >= 4 is 86.2 Å². The first-order chi connectivity index (χ1) is 23.8. The summed E-state index contributed by atoms with van der Waals surface area (Å²) in [6, 6.07) is 63.5. The number of hydrogen-bond donors (Lipinski definition) is 0. The van der Waals surface area contributed by atoms with Gasteiger partial charge in [0.15, 0.2) is 0 Å². The van der Waals surface area contributed by atoms with Crippen molar-refractivity contribution in [3.63, 3.8) is 0 Å². The summed E-state index contributed by atoms with van der Waals surface area (Å²) >= 11 is 0. The van der Waals surface area contributed by atoms with E-state index in [4.69, 9.17) is 0 Å². The standard InChI is InChI=1S/C48H28/c1-3-16-38-36(14-1)37-15-2-4-17-39(37)41-19-8-20-42-44(28-34-13-7-18-40(38)47(34)48(41)42)33-12-6-11-32(27-33)35-25-23-31-22-21-29-9-5-10-30-24-26-43(35)46(31)45(29)30/h1-28H. The lowest BCUT2D eigenvalue weighted by atomic mass is 9.86. The number of benzene rings is 10. The fourth-order valence-electron chi connectivity index (χ4n) is 8.68. The summed E-state index contributed by atoms with van der Waals surface area (Å²) in [4.78, 5) is 0. The maximum Gasteiger partial charge on any atom is -0.00141 e. The molecule has 0 fully saturated rings. The van der Waals surface area contributed by atoms with Crippen molar-refractivity contribution in [1.82, 2.24) is 0 Å². The molecule has 0 heteroatoms. The third kappa shape index (κ3) is 3.49. The van der Waals surface area contributed by atoms with E-state index in [0.29, 0.717) is 0 Å². The van der Waals surface area contributed by atoms with Gasteiger partial charge in [-0.3, -0.25) is 0 Å². The van der Waals surface area contributed by atoms with Gasteiger partial charge in [0.2, 0.25) is 0 Å². The van der Waals surface area contributed by atoms with E-state index in [2.05, 4.69) is 170 Å². The second-order valence-electron chi connectivity index (χ2n) is 13.2. The molecule has 0 saturated carbocycles. The molecule has 0 unspecified atom stereocenters. The zero-order chi connectivity index (χ0) is 31.3. The van der Waals surface area contributed by atoms with Crippen molar-refractivity contribution in [3.05, 3.63) is 170 Å². The largest absolute Gasteiger partial charge is 0.0616 e. The molecule has 0 bridgehead atoms. The van der Waals surface area contributed by atoms with Crippen LogP contribution in [-0.2, 0) is 0 Å². The maximum atomic E-state index is 2.42. The Hall–Kier alpha value is -6.24. The Labute approximate surface area is 277 Å². The Bertz CT molecular complexity index is 3090. The van der Waals surface area contributed by atoms with E-state index in [9.17, 15) is 0 Å². The first-order valence-corrected chi connectivity index (χ1v) is 16.8. The Morgan fingerprint density at radius 3 is 1.38 bits per heavy atom. The van der Waals surface area contributed by atoms with Crippen LogP contribution in [0, 0.1) is 0 Å². The fourth-order valence-corrected chi connectivity index (χ4v) is 8.68. The molecule has 0 radical (unpaired) electrons. The van der Waals surface area contributed by atoms with Crippen LogP contribution in [0.1, 0.15) is 0 Å². The molecule has 0 N–H and O–H groups in total. The summed E-state index contributed by atoms with van der Waals surface area (Å²) in [7, 11) is 0. The van der Waals surface area contributed by atoms with Crippen molar-refractivity contribution in [2.75, 3.05) is 0 Å². The van der Waals surface area contributed by atoms with Crippen molar-refractivity contribution in [2.24, 2.45) is 0 Å². The Balaban J connectivity index is 1.24. The van der Waals surface area contributed by atoms with Gasteiger partial charge in [-0.2, -0.15) is 0 Å². The smallest absolute Gasteiger partial charge is 0.00141 e. The molecule has 11 rings (SSSR count). The van der Waals surface area contributed by atoms with Gasteiger partial charge in [-0.1, -0.05) is 158 Å². The van der Waals surface area contributed by atoms with Crippen LogP contribution in [0.3, 0.4) is 0 Å². The van der Waals surface area contributed by atoms with E-state index in [-0.39, 0.29) is 0 Å². The zero-order valence-corrected chi connectivity index (χ0v) is 26.2. The Morgan fingerprint density at radius 1 is 0.208 bits per heavy atom. The van der Waals surface area contributed by atoms with Gasteiger partial charge in [0.05, 0.1) is 0 Å². The monoisotopic (exact) mass is 604 g/mol. The average Bonchev–Trinajstić information content (AvgIpc) is 3.15. The average molecular weight is 605 g/mol. The summed E-state index contributed by atoms with van der Waals surface area (Å²) in [5, 5.41) is 20.9. The van der Waals surface area contributed by atoms with Crippen LogP contribution >= 0.6 is 0 Å². The molecule has 0 atom stereocenters. The second-order valence-corrected chi connectivity index (χ2v) is 13.2. The molecule has 48 heavy (non-hydrogen) atoms. The van der Waals surface area contributed by atoms with E-state index in [0.717, 1.165) is 0 Å². The van der Waals surface area contributed by atoms with E-state index in [1.165, 1.54) is 108 Å². The van der Waals surface area contributed by atoms with E-state index >= 15 is 0 Å². The van der Waals surface area contributed by atoms with E-state index in [1.54, 1.807) is 0 Å². The van der Waals surface area contributed by atoms with Crippen LogP contribution in [0.25, 0.3) is 108 Å². The SMILES string of the molecule is c1cc(-c2ccc3ccc4cccc5ccc2c3c45)cc(-c2cc3cccc4c5ccccc5c5ccccc5c5cccc2c5c34)c1. The highest BCUT2D eigenvalue weighted by Gasteiger charge is 2.17. The van der Waals surface area contributed by atoms with Gasteiger partial charge in [-0.05, 0) is 121 Å². The molecule has 220 valence electrons. The molecule has 0 saturated heterocycles. The number of fused-ring (bicyclic) bond motifs is 5. The summed E-state index contributed by atoms with van der Waals surface area (Å²) in [6.07, 6.45) is 0. The van der Waals surface area contributed by atoms with Gasteiger partial charge in [-0.15, -0.1) is 0 Å². The Kier molecular flexibility index (Phi) is 5.20. The van der Waals surface area contributed by atoms with Crippen molar-refractivity contribution < 1.29 is 0 Å². The highest BCUT2D eigenvalue weighted by Crippen LogP contribution is 2.45. The molecule has 0 aliphatic carbocycles. The number of hydrogen-bond acceptors (Lipinski definition) is 0. The molecule has 0 aliphatic rings. The van der Waals surface area contributed by atoms with Crippen LogP contribution in [0.2, 0.25) is 0 Å². The van der Waals surface area contributed by atoms with Gasteiger partial charge in [0, 0.05) is 0 Å². The first kappa shape index (κ1) is 25.9. The third-order valence-corrected chi connectivity index (χ3v) is 10.7. The fraction of sp³-hybridized carbons (Fsp3) is 0. The highest BCUT2D eigenvalue weighted by atomic mass is 14.2. The molecule has 0 aromatic heterocycles. The molecule has 0 heterocycles. The van der Waals surface area contributed by atoms with Crippen molar-refractivity contribution in [1.29, 1.82) is 0 Å². The summed E-state index contributed by atoms with van der Waals surface area (Å²) < 4.78 is 0. The summed E-state index contributed by atoms with van der Waals surface area (Å²) in [6.45, 7) is 0.